The molecule has 0 aliphatic rings. The fourth-order valence-corrected chi connectivity index (χ4v) is 2.61. The second-order valence-electron chi connectivity index (χ2n) is 4.66. The van der Waals surface area contributed by atoms with Crippen LogP contribution in [0.2, 0.25) is 0 Å². The summed E-state index contributed by atoms with van der Waals surface area (Å²) in [7, 11) is 0. The molecule has 0 aliphatic heterocycles. The van der Waals surface area contributed by atoms with Crippen LogP contribution < -0.4 is 5.32 Å². The van der Waals surface area contributed by atoms with Crippen LogP contribution in [-0.2, 0) is 16.0 Å². The molecule has 0 saturated heterocycles. The van der Waals surface area contributed by atoms with Crippen molar-refractivity contribution < 1.29 is 19.1 Å². The number of thiazole rings is 1. The number of carboxylic acids is 1. The van der Waals surface area contributed by atoms with Gasteiger partial charge >= 0.3 is 5.97 Å². The largest absolute Gasteiger partial charge is 0.481 e. The zero-order chi connectivity index (χ0) is 15.9. The van der Waals surface area contributed by atoms with E-state index >= 15 is 0 Å². The van der Waals surface area contributed by atoms with E-state index in [1.165, 1.54) is 23.5 Å². The van der Waals surface area contributed by atoms with Crippen molar-refractivity contribution >= 4 is 23.2 Å². The highest BCUT2D eigenvalue weighted by atomic mass is 32.1. The number of aliphatic carboxylic acids is 1. The van der Waals surface area contributed by atoms with Gasteiger partial charge in [0, 0.05) is 23.9 Å². The molecular formula is C15H15FN2O3S. The van der Waals surface area contributed by atoms with Gasteiger partial charge < -0.3 is 10.4 Å². The number of carboxylic acid groups (broad SMARTS) is 1. The van der Waals surface area contributed by atoms with Gasteiger partial charge in [0.2, 0.25) is 5.91 Å². The first-order valence-corrected chi connectivity index (χ1v) is 7.61. The Labute approximate surface area is 130 Å². The minimum absolute atomic E-state index is 0.0340. The van der Waals surface area contributed by atoms with Crippen LogP contribution >= 0.6 is 11.3 Å². The highest BCUT2D eigenvalue weighted by Crippen LogP contribution is 2.22. The second-order valence-corrected chi connectivity index (χ2v) is 5.60. The summed E-state index contributed by atoms with van der Waals surface area (Å²) >= 11 is 1.36. The Morgan fingerprint density at radius 2 is 2.00 bits per heavy atom. The summed E-state index contributed by atoms with van der Waals surface area (Å²) in [5.41, 5.74) is 1.50. The van der Waals surface area contributed by atoms with Crippen LogP contribution in [0, 0.1) is 5.82 Å². The number of carbonyl (C=O) groups is 2. The lowest BCUT2D eigenvalue weighted by Crippen LogP contribution is -2.26. The highest BCUT2D eigenvalue weighted by molar-refractivity contribution is 7.10. The average Bonchev–Trinajstić information content (AvgIpc) is 2.92. The maximum absolute atomic E-state index is 12.9. The summed E-state index contributed by atoms with van der Waals surface area (Å²) in [5, 5.41) is 13.6. The number of benzene rings is 1. The van der Waals surface area contributed by atoms with Gasteiger partial charge in [-0.1, -0.05) is 0 Å². The zero-order valence-electron chi connectivity index (χ0n) is 11.7. The predicted octanol–water partition coefficient (Wildman–Crippen LogP) is 2.47. The molecule has 0 spiro atoms. The molecule has 22 heavy (non-hydrogen) atoms. The van der Waals surface area contributed by atoms with E-state index in [2.05, 4.69) is 10.3 Å². The summed E-state index contributed by atoms with van der Waals surface area (Å²) < 4.78 is 12.9. The van der Waals surface area contributed by atoms with Crippen molar-refractivity contribution in [2.75, 3.05) is 6.54 Å². The van der Waals surface area contributed by atoms with Gasteiger partial charge in [-0.3, -0.25) is 9.59 Å². The van der Waals surface area contributed by atoms with E-state index in [0.717, 1.165) is 5.56 Å². The molecule has 0 radical (unpaired) electrons. The molecule has 0 fully saturated rings. The molecule has 5 nitrogen and oxygen atoms in total. The zero-order valence-corrected chi connectivity index (χ0v) is 12.5. The molecule has 0 atom stereocenters. The molecule has 1 aromatic heterocycles. The van der Waals surface area contributed by atoms with Crippen LogP contribution in [0.5, 0.6) is 0 Å². The van der Waals surface area contributed by atoms with Crippen LogP contribution in [0.3, 0.4) is 0 Å². The fourth-order valence-electron chi connectivity index (χ4n) is 1.81. The standard InChI is InChI=1S/C15H15FN2O3S/c16-11-5-3-10(4-6-11)12-9-22-14(18-12)8-13(19)17-7-1-2-15(20)21/h3-6,9H,1-2,7-8H2,(H,17,19)(H,20,21). The van der Waals surface area contributed by atoms with Gasteiger partial charge in [-0.15, -0.1) is 11.3 Å². The normalized spacial score (nSPS) is 10.4. The molecular weight excluding hydrogens is 307 g/mol. The minimum Gasteiger partial charge on any atom is -0.481 e. The van der Waals surface area contributed by atoms with Gasteiger partial charge in [-0.05, 0) is 30.7 Å². The van der Waals surface area contributed by atoms with Crippen molar-refractivity contribution in [2.24, 2.45) is 0 Å². The lowest BCUT2D eigenvalue weighted by atomic mass is 10.2. The Morgan fingerprint density at radius 3 is 2.68 bits per heavy atom. The van der Waals surface area contributed by atoms with E-state index in [-0.39, 0.29) is 24.6 Å². The maximum atomic E-state index is 12.9. The van der Waals surface area contributed by atoms with Crippen molar-refractivity contribution in [3.8, 4) is 11.3 Å². The first-order chi connectivity index (χ1) is 10.5. The monoisotopic (exact) mass is 322 g/mol. The van der Waals surface area contributed by atoms with Gasteiger partial charge in [-0.25, -0.2) is 9.37 Å². The van der Waals surface area contributed by atoms with Crippen LogP contribution in [0.4, 0.5) is 4.39 Å². The van der Waals surface area contributed by atoms with Crippen molar-refractivity contribution in [1.82, 2.24) is 10.3 Å². The first-order valence-electron chi connectivity index (χ1n) is 6.73. The van der Waals surface area contributed by atoms with E-state index in [0.29, 0.717) is 23.7 Å². The molecule has 0 saturated carbocycles. The quantitative estimate of drug-likeness (QED) is 0.768. The summed E-state index contributed by atoms with van der Waals surface area (Å²) in [5.74, 6) is -1.37. The van der Waals surface area contributed by atoms with Crippen LogP contribution in [0.1, 0.15) is 17.8 Å². The number of amides is 1. The topological polar surface area (TPSA) is 79.3 Å². The molecule has 116 valence electrons. The predicted molar refractivity (Wildman–Crippen MR) is 81.1 cm³/mol. The number of halogens is 1. The number of rotatable bonds is 7. The fraction of sp³-hybridized carbons (Fsp3) is 0.267. The van der Waals surface area contributed by atoms with Gasteiger partial charge in [0.25, 0.3) is 0 Å². The molecule has 2 rings (SSSR count). The van der Waals surface area contributed by atoms with Gasteiger partial charge in [0.15, 0.2) is 0 Å². The lowest BCUT2D eigenvalue weighted by Gasteiger charge is -2.02. The molecule has 0 bridgehead atoms. The van der Waals surface area contributed by atoms with E-state index in [9.17, 15) is 14.0 Å². The van der Waals surface area contributed by atoms with E-state index in [1.54, 1.807) is 12.1 Å². The molecule has 1 aromatic carbocycles. The molecule has 2 N–H and O–H groups in total. The summed E-state index contributed by atoms with van der Waals surface area (Å²) in [6.45, 7) is 0.335. The molecule has 1 heterocycles. The van der Waals surface area contributed by atoms with Gasteiger partial charge in [0.05, 0.1) is 12.1 Å². The Balaban J connectivity index is 1.85. The highest BCUT2D eigenvalue weighted by Gasteiger charge is 2.09. The minimum atomic E-state index is -0.877. The van der Waals surface area contributed by atoms with Crippen molar-refractivity contribution in [1.29, 1.82) is 0 Å². The molecule has 0 unspecified atom stereocenters. The Morgan fingerprint density at radius 1 is 1.27 bits per heavy atom. The number of aromatic nitrogens is 1. The maximum Gasteiger partial charge on any atom is 0.303 e. The molecule has 1 amide bonds. The van der Waals surface area contributed by atoms with Crippen LogP contribution in [-0.4, -0.2) is 28.5 Å². The second kappa shape index (κ2) is 7.65. The van der Waals surface area contributed by atoms with Crippen molar-refractivity contribution in [2.45, 2.75) is 19.3 Å². The lowest BCUT2D eigenvalue weighted by molar-refractivity contribution is -0.137. The Kier molecular flexibility index (Phi) is 5.60. The number of carbonyl (C=O) groups excluding carboxylic acids is 1. The van der Waals surface area contributed by atoms with Crippen LogP contribution in [0.25, 0.3) is 11.3 Å². The van der Waals surface area contributed by atoms with E-state index in [1.807, 2.05) is 5.38 Å². The number of hydrogen-bond donors (Lipinski definition) is 2. The molecule has 0 aliphatic carbocycles. The molecule has 7 heteroatoms. The number of nitrogens with zero attached hydrogens (tertiary/aromatic N) is 1. The SMILES string of the molecule is O=C(O)CCCNC(=O)Cc1nc(-c2ccc(F)cc2)cs1. The summed E-state index contributed by atoms with van der Waals surface area (Å²) in [6, 6.07) is 6.01. The van der Waals surface area contributed by atoms with Crippen molar-refractivity contribution in [3.63, 3.8) is 0 Å². The first kappa shape index (κ1) is 16.1. The Hall–Kier alpha value is -2.28. The summed E-state index contributed by atoms with van der Waals surface area (Å²) in [4.78, 5) is 26.4. The smallest absolute Gasteiger partial charge is 0.303 e. The third-order valence-corrected chi connectivity index (χ3v) is 3.74. The Bertz CT molecular complexity index is 655. The third kappa shape index (κ3) is 4.92. The van der Waals surface area contributed by atoms with Crippen LogP contribution in [0.15, 0.2) is 29.6 Å². The third-order valence-electron chi connectivity index (χ3n) is 2.89. The number of nitrogens with one attached hydrogen (secondary N) is 1. The van der Waals surface area contributed by atoms with Gasteiger partial charge in [-0.2, -0.15) is 0 Å². The van der Waals surface area contributed by atoms with Gasteiger partial charge in [0.1, 0.15) is 10.8 Å². The van der Waals surface area contributed by atoms with E-state index < -0.39 is 5.97 Å². The molecule has 2 aromatic rings. The van der Waals surface area contributed by atoms with E-state index in [4.69, 9.17) is 5.11 Å². The number of hydrogen-bond acceptors (Lipinski definition) is 4. The summed E-state index contributed by atoms with van der Waals surface area (Å²) in [6.07, 6.45) is 0.588. The van der Waals surface area contributed by atoms with Crippen molar-refractivity contribution in [3.05, 3.63) is 40.5 Å². The average molecular weight is 322 g/mol.